The fourth-order valence-electron chi connectivity index (χ4n) is 2.97. The number of ether oxygens (including phenoxy) is 1. The highest BCUT2D eigenvalue weighted by Gasteiger charge is 2.38. The number of halogens is 1. The molecule has 4 nitrogen and oxygen atoms in total. The van der Waals surface area contributed by atoms with Crippen LogP contribution >= 0.6 is 11.6 Å². The molecule has 21 heavy (non-hydrogen) atoms. The van der Waals surface area contributed by atoms with Gasteiger partial charge in [-0.15, -0.1) is 0 Å². The second-order valence-corrected chi connectivity index (χ2v) is 7.26. The Kier molecular flexibility index (Phi) is 4.81. The first-order chi connectivity index (χ1) is 9.72. The molecule has 118 valence electrons. The number of hydrogen-bond acceptors (Lipinski definition) is 4. The average molecular weight is 312 g/mol. The van der Waals surface area contributed by atoms with Crippen LogP contribution < -0.4 is 10.2 Å². The monoisotopic (exact) mass is 311 g/mol. The minimum atomic E-state index is -0.190. The summed E-state index contributed by atoms with van der Waals surface area (Å²) in [6, 6.07) is 3.93. The van der Waals surface area contributed by atoms with Gasteiger partial charge in [0.2, 0.25) is 0 Å². The Hall–Kier alpha value is -0.840. The van der Waals surface area contributed by atoms with Crippen LogP contribution in [0.1, 0.15) is 40.3 Å². The number of pyridine rings is 1. The first-order valence-corrected chi connectivity index (χ1v) is 7.91. The molecule has 0 aliphatic carbocycles. The van der Waals surface area contributed by atoms with E-state index in [1.54, 1.807) is 0 Å². The minimum absolute atomic E-state index is 0.190. The summed E-state index contributed by atoms with van der Waals surface area (Å²) in [4.78, 5) is 7.03. The number of morpholine rings is 1. The minimum Gasteiger partial charge on any atom is -0.366 e. The van der Waals surface area contributed by atoms with Crippen molar-refractivity contribution in [3.05, 3.63) is 22.8 Å². The lowest BCUT2D eigenvalue weighted by atomic mass is 9.99. The van der Waals surface area contributed by atoms with E-state index in [0.717, 1.165) is 31.1 Å². The molecule has 0 atom stereocenters. The first kappa shape index (κ1) is 16.5. The summed E-state index contributed by atoms with van der Waals surface area (Å²) in [7, 11) is 0. The van der Waals surface area contributed by atoms with Gasteiger partial charge >= 0.3 is 0 Å². The molecule has 1 aromatic rings. The van der Waals surface area contributed by atoms with E-state index in [1.807, 2.05) is 12.1 Å². The van der Waals surface area contributed by atoms with Crippen molar-refractivity contribution in [3.63, 3.8) is 0 Å². The van der Waals surface area contributed by atoms with Crippen LogP contribution in [0.4, 0.5) is 5.82 Å². The number of anilines is 1. The van der Waals surface area contributed by atoms with Crippen LogP contribution in [-0.4, -0.2) is 35.8 Å². The molecule has 2 heterocycles. The highest BCUT2D eigenvalue weighted by molar-refractivity contribution is 6.31. The zero-order chi connectivity index (χ0) is 15.7. The Balaban J connectivity index is 2.24. The topological polar surface area (TPSA) is 37.4 Å². The molecule has 0 spiro atoms. The molecule has 1 aliphatic heterocycles. The van der Waals surface area contributed by atoms with Gasteiger partial charge in [-0.3, -0.25) is 0 Å². The van der Waals surface area contributed by atoms with Gasteiger partial charge in [0.1, 0.15) is 5.82 Å². The first-order valence-electron chi connectivity index (χ1n) is 7.54. The molecule has 0 amide bonds. The third-order valence-corrected chi connectivity index (χ3v) is 3.81. The molecular formula is C16H26ClN3O. The molecule has 1 saturated heterocycles. The Morgan fingerprint density at radius 1 is 1.24 bits per heavy atom. The molecule has 1 aliphatic rings. The number of aromatic nitrogens is 1. The van der Waals surface area contributed by atoms with E-state index in [0.29, 0.717) is 11.6 Å². The maximum absolute atomic E-state index is 6.24. The highest BCUT2D eigenvalue weighted by atomic mass is 35.5. The van der Waals surface area contributed by atoms with Crippen LogP contribution in [0.15, 0.2) is 12.1 Å². The summed E-state index contributed by atoms with van der Waals surface area (Å²) in [5.74, 6) is 0.969. The van der Waals surface area contributed by atoms with Crippen molar-refractivity contribution < 1.29 is 4.74 Å². The van der Waals surface area contributed by atoms with Crippen LogP contribution in [0.2, 0.25) is 5.02 Å². The van der Waals surface area contributed by atoms with Crippen molar-refractivity contribution in [1.82, 2.24) is 10.3 Å². The summed E-state index contributed by atoms with van der Waals surface area (Å²) in [5.41, 5.74) is 0.522. The van der Waals surface area contributed by atoms with Crippen LogP contribution in [0, 0.1) is 0 Å². The number of hydrogen-bond donors (Lipinski definition) is 1. The van der Waals surface area contributed by atoms with E-state index in [9.17, 15) is 0 Å². The van der Waals surface area contributed by atoms with Gasteiger partial charge in [0, 0.05) is 19.6 Å². The molecule has 0 radical (unpaired) electrons. The molecular weight excluding hydrogens is 286 g/mol. The SMILES string of the molecule is CCNCc1nc(N2CC(C)(C)OC(C)(C)C2)ccc1Cl. The Labute approximate surface area is 132 Å². The third kappa shape index (κ3) is 4.31. The fourth-order valence-corrected chi connectivity index (χ4v) is 3.14. The van der Waals surface area contributed by atoms with E-state index < -0.39 is 0 Å². The summed E-state index contributed by atoms with van der Waals surface area (Å²) >= 11 is 6.24. The third-order valence-electron chi connectivity index (χ3n) is 3.47. The van der Waals surface area contributed by atoms with Gasteiger partial charge in [0.25, 0.3) is 0 Å². The zero-order valence-electron chi connectivity index (χ0n) is 13.7. The molecule has 0 unspecified atom stereocenters. The largest absolute Gasteiger partial charge is 0.366 e. The molecule has 5 heteroatoms. The maximum atomic E-state index is 6.24. The number of nitrogens with zero attached hydrogens (tertiary/aromatic N) is 2. The van der Waals surface area contributed by atoms with E-state index in [2.05, 4.69) is 44.8 Å². The maximum Gasteiger partial charge on any atom is 0.129 e. The second-order valence-electron chi connectivity index (χ2n) is 6.86. The lowest BCUT2D eigenvalue weighted by Crippen LogP contribution is -2.57. The van der Waals surface area contributed by atoms with Crippen LogP contribution in [0.25, 0.3) is 0 Å². The van der Waals surface area contributed by atoms with Crippen molar-refractivity contribution in [2.24, 2.45) is 0 Å². The van der Waals surface area contributed by atoms with Gasteiger partial charge in [-0.25, -0.2) is 4.98 Å². The van der Waals surface area contributed by atoms with Crippen LogP contribution in [0.5, 0.6) is 0 Å². The van der Waals surface area contributed by atoms with Crippen LogP contribution in [0.3, 0.4) is 0 Å². The van der Waals surface area contributed by atoms with Gasteiger partial charge in [-0.05, 0) is 46.4 Å². The van der Waals surface area contributed by atoms with Gasteiger partial charge in [0.15, 0.2) is 0 Å². The van der Waals surface area contributed by atoms with E-state index in [-0.39, 0.29) is 11.2 Å². The lowest BCUT2D eigenvalue weighted by Gasteiger charge is -2.47. The van der Waals surface area contributed by atoms with Crippen LogP contribution in [-0.2, 0) is 11.3 Å². The number of rotatable bonds is 4. The van der Waals surface area contributed by atoms with E-state index >= 15 is 0 Å². The van der Waals surface area contributed by atoms with Crippen molar-refractivity contribution in [1.29, 1.82) is 0 Å². The zero-order valence-corrected chi connectivity index (χ0v) is 14.4. The normalized spacial score (nSPS) is 20.6. The van der Waals surface area contributed by atoms with Crippen molar-refractivity contribution in [3.8, 4) is 0 Å². The Morgan fingerprint density at radius 3 is 2.43 bits per heavy atom. The molecule has 1 aromatic heterocycles. The standard InChI is InChI=1S/C16H26ClN3O/c1-6-18-9-13-12(17)7-8-14(19-13)20-10-15(2,3)21-16(4,5)11-20/h7-8,18H,6,9-11H2,1-5H3. The summed E-state index contributed by atoms with van der Waals surface area (Å²) in [6.45, 7) is 13.8. The Morgan fingerprint density at radius 2 is 1.86 bits per heavy atom. The quantitative estimate of drug-likeness (QED) is 0.926. The molecule has 0 aromatic carbocycles. The van der Waals surface area contributed by atoms with Crippen molar-refractivity contribution >= 4 is 17.4 Å². The molecule has 0 saturated carbocycles. The van der Waals surface area contributed by atoms with Gasteiger partial charge in [0.05, 0.1) is 21.9 Å². The smallest absolute Gasteiger partial charge is 0.129 e. The van der Waals surface area contributed by atoms with E-state index in [1.165, 1.54) is 0 Å². The lowest BCUT2D eigenvalue weighted by molar-refractivity contribution is -0.133. The van der Waals surface area contributed by atoms with Crippen molar-refractivity contribution in [2.75, 3.05) is 24.5 Å². The second kappa shape index (κ2) is 6.11. The molecule has 1 N–H and O–H groups in total. The predicted octanol–water partition coefficient (Wildman–Crippen LogP) is 3.24. The summed E-state index contributed by atoms with van der Waals surface area (Å²) in [5, 5.41) is 3.99. The van der Waals surface area contributed by atoms with E-state index in [4.69, 9.17) is 21.3 Å². The predicted molar refractivity (Wildman–Crippen MR) is 88.1 cm³/mol. The average Bonchev–Trinajstić information content (AvgIpc) is 2.34. The van der Waals surface area contributed by atoms with Gasteiger partial charge in [-0.2, -0.15) is 0 Å². The van der Waals surface area contributed by atoms with Gasteiger partial charge in [-0.1, -0.05) is 18.5 Å². The Bertz CT molecular complexity index is 486. The summed E-state index contributed by atoms with van der Waals surface area (Å²) < 4.78 is 6.12. The van der Waals surface area contributed by atoms with Crippen molar-refractivity contribution in [2.45, 2.75) is 52.4 Å². The molecule has 0 bridgehead atoms. The summed E-state index contributed by atoms with van der Waals surface area (Å²) in [6.07, 6.45) is 0. The fraction of sp³-hybridized carbons (Fsp3) is 0.688. The molecule has 1 fully saturated rings. The van der Waals surface area contributed by atoms with Gasteiger partial charge < -0.3 is 15.0 Å². The highest BCUT2D eigenvalue weighted by Crippen LogP contribution is 2.31. The molecule has 2 rings (SSSR count). The number of nitrogens with one attached hydrogen (secondary N) is 1.